The smallest absolute Gasteiger partial charge is 0.257 e. The molecule has 0 bridgehead atoms. The largest absolute Gasteiger partial charge is 0.388 e. The molecular formula is C18H19F2N3O2. The number of nitrogens with one attached hydrogen (secondary N) is 1. The molecule has 1 atom stereocenters. The molecule has 1 aliphatic heterocycles. The second-order valence-electron chi connectivity index (χ2n) is 5.91. The average Bonchev–Trinajstić information content (AvgIpc) is 2.62. The second-order valence-corrected chi connectivity index (χ2v) is 5.91. The van der Waals surface area contributed by atoms with Gasteiger partial charge in [-0.2, -0.15) is 0 Å². The first kappa shape index (κ1) is 17.3. The van der Waals surface area contributed by atoms with E-state index in [9.17, 15) is 13.6 Å². The normalized spacial score (nSPS) is 17.4. The summed E-state index contributed by atoms with van der Waals surface area (Å²) in [6.07, 6.45) is -0.415. The standard InChI is InChI=1S/C18H19F2N3O2/c1-11-7-13(21-2)9-16(22-11)17-10-23(5-6-25-17)18(24)14-8-12(19)3-4-15(14)20/h3-4,7-9,17H,5-6,10H2,1-2H3,(H,21,22)/t17-/m1/s1. The maximum absolute atomic E-state index is 13.9. The quantitative estimate of drug-likeness (QED) is 0.928. The summed E-state index contributed by atoms with van der Waals surface area (Å²) in [5.41, 5.74) is 2.14. The second kappa shape index (κ2) is 7.14. The molecule has 5 nitrogen and oxygen atoms in total. The van der Waals surface area contributed by atoms with Crippen molar-refractivity contribution in [3.05, 3.63) is 58.9 Å². The van der Waals surface area contributed by atoms with Gasteiger partial charge in [0.25, 0.3) is 5.91 Å². The van der Waals surface area contributed by atoms with Crippen LogP contribution < -0.4 is 5.32 Å². The fraction of sp³-hybridized carbons (Fsp3) is 0.333. The van der Waals surface area contributed by atoms with Gasteiger partial charge in [0, 0.05) is 25.0 Å². The third-order valence-corrected chi connectivity index (χ3v) is 4.10. The lowest BCUT2D eigenvalue weighted by atomic mass is 10.1. The van der Waals surface area contributed by atoms with E-state index in [4.69, 9.17) is 4.74 Å². The zero-order chi connectivity index (χ0) is 18.0. The van der Waals surface area contributed by atoms with Crippen LogP contribution in [0.15, 0.2) is 30.3 Å². The summed E-state index contributed by atoms with van der Waals surface area (Å²) in [5, 5.41) is 3.05. The molecule has 1 fully saturated rings. The monoisotopic (exact) mass is 347 g/mol. The molecule has 0 aliphatic carbocycles. The van der Waals surface area contributed by atoms with Crippen molar-refractivity contribution in [1.29, 1.82) is 0 Å². The SMILES string of the molecule is CNc1cc(C)nc([C@H]2CN(C(=O)c3cc(F)ccc3F)CCO2)c1. The first-order valence-electron chi connectivity index (χ1n) is 8.00. The van der Waals surface area contributed by atoms with Crippen LogP contribution in [0, 0.1) is 18.6 Å². The summed E-state index contributed by atoms with van der Waals surface area (Å²) < 4.78 is 33.0. The Bertz CT molecular complexity index is 798. The predicted molar refractivity (Wildman–Crippen MR) is 89.5 cm³/mol. The van der Waals surface area contributed by atoms with Crippen molar-refractivity contribution in [1.82, 2.24) is 9.88 Å². The van der Waals surface area contributed by atoms with Crippen LogP contribution in [0.25, 0.3) is 0 Å². The molecule has 0 unspecified atom stereocenters. The summed E-state index contributed by atoms with van der Waals surface area (Å²) in [7, 11) is 1.81. The van der Waals surface area contributed by atoms with E-state index in [1.165, 1.54) is 4.90 Å². The van der Waals surface area contributed by atoms with Gasteiger partial charge in [-0.25, -0.2) is 8.78 Å². The van der Waals surface area contributed by atoms with Crippen LogP contribution >= 0.6 is 0 Å². The van der Waals surface area contributed by atoms with E-state index in [1.54, 1.807) is 0 Å². The van der Waals surface area contributed by atoms with Crippen LogP contribution in [0.4, 0.5) is 14.5 Å². The van der Waals surface area contributed by atoms with Gasteiger partial charge >= 0.3 is 0 Å². The summed E-state index contributed by atoms with van der Waals surface area (Å²) in [6, 6.07) is 6.63. The van der Waals surface area contributed by atoms with E-state index in [0.29, 0.717) is 18.8 Å². The number of rotatable bonds is 3. The Kier molecular flexibility index (Phi) is 4.94. The number of amides is 1. The number of hydrogen-bond donors (Lipinski definition) is 1. The highest BCUT2D eigenvalue weighted by molar-refractivity contribution is 5.94. The number of pyridine rings is 1. The molecule has 1 N–H and O–H groups in total. The highest BCUT2D eigenvalue weighted by Gasteiger charge is 2.28. The van der Waals surface area contributed by atoms with Crippen molar-refractivity contribution in [2.24, 2.45) is 0 Å². The molecule has 0 saturated carbocycles. The van der Waals surface area contributed by atoms with Gasteiger partial charge < -0.3 is 15.0 Å². The summed E-state index contributed by atoms with van der Waals surface area (Å²) in [6.45, 7) is 2.72. The van der Waals surface area contributed by atoms with Crippen LogP contribution in [-0.4, -0.2) is 42.5 Å². The third kappa shape index (κ3) is 3.76. The Labute approximate surface area is 144 Å². The van der Waals surface area contributed by atoms with E-state index in [1.807, 2.05) is 26.1 Å². The molecule has 1 aliphatic rings. The van der Waals surface area contributed by atoms with Gasteiger partial charge in [-0.15, -0.1) is 0 Å². The van der Waals surface area contributed by atoms with Crippen molar-refractivity contribution in [3.63, 3.8) is 0 Å². The van der Waals surface area contributed by atoms with Gasteiger partial charge in [0.15, 0.2) is 0 Å². The minimum Gasteiger partial charge on any atom is -0.388 e. The van der Waals surface area contributed by atoms with Gasteiger partial charge in [-0.1, -0.05) is 0 Å². The predicted octanol–water partition coefficient (Wildman–Crippen LogP) is 2.92. The molecular weight excluding hydrogens is 328 g/mol. The first-order chi connectivity index (χ1) is 12.0. The lowest BCUT2D eigenvalue weighted by Crippen LogP contribution is -2.42. The number of carbonyl (C=O) groups excluding carboxylic acids is 1. The minimum atomic E-state index is -0.736. The molecule has 3 rings (SSSR count). The maximum Gasteiger partial charge on any atom is 0.257 e. The molecule has 1 saturated heterocycles. The zero-order valence-corrected chi connectivity index (χ0v) is 14.1. The number of carbonyl (C=O) groups is 1. The van der Waals surface area contributed by atoms with Crippen molar-refractivity contribution >= 4 is 11.6 Å². The summed E-state index contributed by atoms with van der Waals surface area (Å²) >= 11 is 0. The van der Waals surface area contributed by atoms with Crippen molar-refractivity contribution in [2.45, 2.75) is 13.0 Å². The number of hydrogen-bond acceptors (Lipinski definition) is 4. The Balaban J connectivity index is 1.82. The van der Waals surface area contributed by atoms with Gasteiger partial charge in [-0.3, -0.25) is 9.78 Å². The fourth-order valence-electron chi connectivity index (χ4n) is 2.85. The van der Waals surface area contributed by atoms with E-state index in [2.05, 4.69) is 10.3 Å². The number of ether oxygens (including phenoxy) is 1. The molecule has 132 valence electrons. The third-order valence-electron chi connectivity index (χ3n) is 4.10. The van der Waals surface area contributed by atoms with Crippen LogP contribution in [0.1, 0.15) is 27.8 Å². The number of morpholine rings is 1. The van der Waals surface area contributed by atoms with Crippen molar-refractivity contribution in [2.75, 3.05) is 32.1 Å². The molecule has 2 heterocycles. The molecule has 0 spiro atoms. The molecule has 7 heteroatoms. The summed E-state index contributed by atoms with van der Waals surface area (Å²) in [4.78, 5) is 18.5. The maximum atomic E-state index is 13.9. The van der Waals surface area contributed by atoms with E-state index in [0.717, 1.165) is 29.6 Å². The Morgan fingerprint density at radius 3 is 2.88 bits per heavy atom. The van der Waals surface area contributed by atoms with Crippen LogP contribution in [-0.2, 0) is 4.74 Å². The van der Waals surface area contributed by atoms with Crippen LogP contribution in [0.3, 0.4) is 0 Å². The van der Waals surface area contributed by atoms with Gasteiger partial charge in [0.2, 0.25) is 0 Å². The lowest BCUT2D eigenvalue weighted by molar-refractivity contribution is -0.0249. The molecule has 1 aromatic carbocycles. The molecule has 1 amide bonds. The lowest BCUT2D eigenvalue weighted by Gasteiger charge is -2.33. The van der Waals surface area contributed by atoms with Crippen molar-refractivity contribution < 1.29 is 18.3 Å². The zero-order valence-electron chi connectivity index (χ0n) is 14.1. The van der Waals surface area contributed by atoms with Crippen molar-refractivity contribution in [3.8, 4) is 0 Å². The Morgan fingerprint density at radius 1 is 1.32 bits per heavy atom. The number of benzene rings is 1. The number of aromatic nitrogens is 1. The Hall–Kier alpha value is -2.54. The van der Waals surface area contributed by atoms with E-state index < -0.39 is 23.6 Å². The number of nitrogens with zero attached hydrogens (tertiary/aromatic N) is 2. The highest BCUT2D eigenvalue weighted by Crippen LogP contribution is 2.25. The van der Waals surface area contributed by atoms with Gasteiger partial charge in [0.05, 0.1) is 24.4 Å². The molecule has 2 aromatic rings. The number of halogens is 2. The number of anilines is 1. The molecule has 0 radical (unpaired) electrons. The first-order valence-corrected chi connectivity index (χ1v) is 8.00. The fourth-order valence-corrected chi connectivity index (χ4v) is 2.85. The highest BCUT2D eigenvalue weighted by atomic mass is 19.1. The minimum absolute atomic E-state index is 0.231. The topological polar surface area (TPSA) is 54.5 Å². The molecule has 1 aromatic heterocycles. The van der Waals surface area contributed by atoms with Gasteiger partial charge in [0.1, 0.15) is 17.7 Å². The molecule has 25 heavy (non-hydrogen) atoms. The number of aryl methyl sites for hydroxylation is 1. The Morgan fingerprint density at radius 2 is 2.12 bits per heavy atom. The van der Waals surface area contributed by atoms with Crippen LogP contribution in [0.2, 0.25) is 0 Å². The van der Waals surface area contributed by atoms with Gasteiger partial charge in [-0.05, 0) is 37.3 Å². The van der Waals surface area contributed by atoms with E-state index in [-0.39, 0.29) is 12.1 Å². The van der Waals surface area contributed by atoms with E-state index >= 15 is 0 Å². The summed E-state index contributed by atoms with van der Waals surface area (Å²) in [5.74, 6) is -1.93. The average molecular weight is 347 g/mol. The van der Waals surface area contributed by atoms with Crippen LogP contribution in [0.5, 0.6) is 0 Å².